The molecule has 0 unspecified atom stereocenters. The van der Waals surface area contributed by atoms with E-state index in [1.807, 2.05) is 25.2 Å². The van der Waals surface area contributed by atoms with Gasteiger partial charge in [0.1, 0.15) is 4.90 Å². The summed E-state index contributed by atoms with van der Waals surface area (Å²) in [6.45, 7) is 10.0. The van der Waals surface area contributed by atoms with Crippen LogP contribution in [0.1, 0.15) is 22.5 Å². The lowest BCUT2D eigenvalue weighted by Crippen LogP contribution is -2.47. The number of likely N-dealkylation sites (N-methyl/N-ethyl adjacent to an activating group) is 1. The number of nitrogens with zero attached hydrogens (tertiary/aromatic N) is 6. The third-order valence-electron chi connectivity index (χ3n) is 5.96. The molecular formula is C22H28N6O2S. The van der Waals surface area contributed by atoms with Crippen LogP contribution in [0, 0.1) is 27.7 Å². The lowest BCUT2D eigenvalue weighted by atomic mass is 10.0. The van der Waals surface area contributed by atoms with Crippen molar-refractivity contribution < 1.29 is 8.42 Å². The molecular weight excluding hydrogens is 412 g/mol. The second kappa shape index (κ2) is 8.14. The Labute approximate surface area is 183 Å². The molecule has 31 heavy (non-hydrogen) atoms. The van der Waals surface area contributed by atoms with Gasteiger partial charge in [0.05, 0.1) is 17.1 Å². The van der Waals surface area contributed by atoms with Crippen LogP contribution in [-0.2, 0) is 10.0 Å². The van der Waals surface area contributed by atoms with E-state index in [0.29, 0.717) is 30.3 Å². The van der Waals surface area contributed by atoms with E-state index in [9.17, 15) is 8.42 Å². The number of hydrogen-bond donors (Lipinski definition) is 0. The molecule has 3 heterocycles. The minimum Gasteiger partial charge on any atom is -0.304 e. The molecule has 9 heteroatoms. The number of aromatic nitrogens is 4. The molecule has 0 N–H and O–H groups in total. The third-order valence-corrected chi connectivity index (χ3v) is 8.11. The summed E-state index contributed by atoms with van der Waals surface area (Å²) >= 11 is 0. The van der Waals surface area contributed by atoms with Crippen molar-refractivity contribution in [1.82, 2.24) is 29.2 Å². The number of piperazine rings is 1. The first-order chi connectivity index (χ1) is 14.7. The van der Waals surface area contributed by atoms with Crippen molar-refractivity contribution in [3.05, 3.63) is 52.8 Å². The van der Waals surface area contributed by atoms with E-state index in [1.165, 1.54) is 11.1 Å². The molecule has 1 aromatic carbocycles. The SMILES string of the molecule is Cc1ccc(-c2ccc(-n3nc(C)c(S(=O)(=O)N4CCN(C)CC4)c3C)nn2)cc1C. The Morgan fingerprint density at radius 3 is 2.19 bits per heavy atom. The van der Waals surface area contributed by atoms with Crippen molar-refractivity contribution in [3.63, 3.8) is 0 Å². The number of benzene rings is 1. The first kappa shape index (κ1) is 21.6. The smallest absolute Gasteiger partial charge is 0.246 e. The Morgan fingerprint density at radius 1 is 0.871 bits per heavy atom. The molecule has 1 aliphatic rings. The van der Waals surface area contributed by atoms with Crippen LogP contribution in [0.15, 0.2) is 35.2 Å². The summed E-state index contributed by atoms with van der Waals surface area (Å²) < 4.78 is 29.7. The Bertz CT molecular complexity index is 1210. The predicted molar refractivity (Wildman–Crippen MR) is 120 cm³/mol. The van der Waals surface area contributed by atoms with Crippen LogP contribution in [0.3, 0.4) is 0 Å². The summed E-state index contributed by atoms with van der Waals surface area (Å²) in [7, 11) is -1.62. The number of sulfonamides is 1. The highest BCUT2D eigenvalue weighted by molar-refractivity contribution is 7.89. The van der Waals surface area contributed by atoms with Gasteiger partial charge in [0, 0.05) is 31.7 Å². The van der Waals surface area contributed by atoms with Gasteiger partial charge in [-0.1, -0.05) is 12.1 Å². The third kappa shape index (κ3) is 4.00. The maximum Gasteiger partial charge on any atom is 0.246 e. The van der Waals surface area contributed by atoms with Crippen LogP contribution in [0.2, 0.25) is 0 Å². The molecule has 0 amide bonds. The minimum atomic E-state index is -3.62. The highest BCUT2D eigenvalue weighted by atomic mass is 32.2. The summed E-state index contributed by atoms with van der Waals surface area (Å²) in [6.07, 6.45) is 0. The van der Waals surface area contributed by atoms with Crippen LogP contribution >= 0.6 is 0 Å². The predicted octanol–water partition coefficient (Wildman–Crippen LogP) is 2.50. The number of aryl methyl sites for hydroxylation is 3. The van der Waals surface area contributed by atoms with Gasteiger partial charge in [-0.25, -0.2) is 13.1 Å². The molecule has 1 aliphatic heterocycles. The van der Waals surface area contributed by atoms with E-state index in [0.717, 1.165) is 24.3 Å². The van der Waals surface area contributed by atoms with Crippen molar-refractivity contribution >= 4 is 10.0 Å². The molecule has 4 rings (SSSR count). The lowest BCUT2D eigenvalue weighted by molar-refractivity contribution is 0.222. The van der Waals surface area contributed by atoms with Gasteiger partial charge >= 0.3 is 0 Å². The van der Waals surface area contributed by atoms with Crippen molar-refractivity contribution in [2.75, 3.05) is 33.2 Å². The highest BCUT2D eigenvalue weighted by Gasteiger charge is 2.33. The summed E-state index contributed by atoms with van der Waals surface area (Å²) in [5.74, 6) is 0.494. The van der Waals surface area contributed by atoms with E-state index < -0.39 is 10.0 Å². The Balaban J connectivity index is 1.66. The van der Waals surface area contributed by atoms with E-state index in [2.05, 4.69) is 46.2 Å². The molecule has 1 saturated heterocycles. The monoisotopic (exact) mass is 440 g/mol. The fourth-order valence-electron chi connectivity index (χ4n) is 3.88. The van der Waals surface area contributed by atoms with Gasteiger partial charge in [0.25, 0.3) is 0 Å². The quantitative estimate of drug-likeness (QED) is 0.620. The van der Waals surface area contributed by atoms with Gasteiger partial charge in [-0.15, -0.1) is 10.2 Å². The fourth-order valence-corrected chi connectivity index (χ4v) is 5.65. The van der Waals surface area contributed by atoms with Gasteiger partial charge in [0.15, 0.2) is 5.82 Å². The molecule has 0 radical (unpaired) electrons. The van der Waals surface area contributed by atoms with Crippen LogP contribution < -0.4 is 0 Å². The van der Waals surface area contributed by atoms with Gasteiger partial charge in [-0.3, -0.25) is 0 Å². The van der Waals surface area contributed by atoms with Crippen LogP contribution in [0.4, 0.5) is 0 Å². The first-order valence-electron chi connectivity index (χ1n) is 10.3. The molecule has 3 aromatic rings. The second-order valence-corrected chi connectivity index (χ2v) is 10.1. The molecule has 0 bridgehead atoms. The van der Waals surface area contributed by atoms with Crippen LogP contribution in [-0.4, -0.2) is 70.8 Å². The van der Waals surface area contributed by atoms with Crippen LogP contribution in [0.25, 0.3) is 17.1 Å². The van der Waals surface area contributed by atoms with Crippen molar-refractivity contribution in [2.45, 2.75) is 32.6 Å². The summed E-state index contributed by atoms with van der Waals surface area (Å²) in [5, 5.41) is 13.2. The molecule has 164 valence electrons. The summed E-state index contributed by atoms with van der Waals surface area (Å²) in [6, 6.07) is 9.89. The van der Waals surface area contributed by atoms with Crippen LogP contribution in [0.5, 0.6) is 0 Å². The van der Waals surface area contributed by atoms with Gasteiger partial charge in [-0.05, 0) is 64.1 Å². The maximum atomic E-state index is 13.3. The molecule has 2 aromatic heterocycles. The zero-order valence-electron chi connectivity index (χ0n) is 18.6. The summed E-state index contributed by atoms with van der Waals surface area (Å²) in [4.78, 5) is 2.39. The highest BCUT2D eigenvalue weighted by Crippen LogP contribution is 2.26. The van der Waals surface area contributed by atoms with Gasteiger partial charge in [0.2, 0.25) is 10.0 Å². The standard InChI is InChI=1S/C22H28N6O2S/c1-15-6-7-19(14-16(15)2)20-8-9-21(24-23-20)28-18(4)22(17(3)25-28)31(29,30)27-12-10-26(5)11-13-27/h6-9,14H,10-13H2,1-5H3. The average molecular weight is 441 g/mol. The maximum absolute atomic E-state index is 13.3. The van der Waals surface area contributed by atoms with Crippen molar-refractivity contribution in [2.24, 2.45) is 0 Å². The molecule has 1 fully saturated rings. The zero-order chi connectivity index (χ0) is 22.3. The molecule has 0 saturated carbocycles. The lowest BCUT2D eigenvalue weighted by Gasteiger charge is -2.31. The zero-order valence-corrected chi connectivity index (χ0v) is 19.4. The minimum absolute atomic E-state index is 0.261. The van der Waals surface area contributed by atoms with E-state index in [4.69, 9.17) is 0 Å². The Kier molecular flexibility index (Phi) is 5.67. The second-order valence-electron chi connectivity index (χ2n) is 8.19. The molecule has 0 aliphatic carbocycles. The fraction of sp³-hybridized carbons (Fsp3) is 0.409. The summed E-state index contributed by atoms with van der Waals surface area (Å²) in [5.41, 5.74) is 5.19. The molecule has 8 nitrogen and oxygen atoms in total. The normalized spacial score (nSPS) is 16.0. The molecule has 0 spiro atoms. The molecule has 0 atom stereocenters. The number of rotatable bonds is 4. The van der Waals surface area contributed by atoms with E-state index in [1.54, 1.807) is 22.8 Å². The largest absolute Gasteiger partial charge is 0.304 e. The number of hydrogen-bond acceptors (Lipinski definition) is 6. The average Bonchev–Trinajstić information content (AvgIpc) is 3.05. The Hall–Kier alpha value is -2.62. The first-order valence-corrected chi connectivity index (χ1v) is 11.8. The topological polar surface area (TPSA) is 84.2 Å². The van der Waals surface area contributed by atoms with E-state index >= 15 is 0 Å². The Morgan fingerprint density at radius 2 is 1.58 bits per heavy atom. The van der Waals surface area contributed by atoms with Crippen molar-refractivity contribution in [3.8, 4) is 17.1 Å². The van der Waals surface area contributed by atoms with E-state index in [-0.39, 0.29) is 4.90 Å². The van der Waals surface area contributed by atoms with Gasteiger partial charge < -0.3 is 4.90 Å². The van der Waals surface area contributed by atoms with Crippen molar-refractivity contribution in [1.29, 1.82) is 0 Å². The van der Waals surface area contributed by atoms with Gasteiger partial charge in [-0.2, -0.15) is 9.40 Å².